The lowest BCUT2D eigenvalue weighted by Crippen LogP contribution is -2.14. The van der Waals surface area contributed by atoms with Gasteiger partial charge in [0.15, 0.2) is 0 Å². The predicted octanol–water partition coefficient (Wildman–Crippen LogP) is 5.58. The van der Waals surface area contributed by atoms with Crippen LogP contribution in [0.1, 0.15) is 32.8 Å². The standard InChI is InChI=1S/C19H18ClNO3.C2H6/c1-13-16(9-10-23-13)19(22)21-15-6-4-5-14(11-15)12-24-18-8-3-2-7-17(18)20;1-2/h2-8,11H,9-10,12H2,1H3,(H,21,22);1-2H3. The van der Waals surface area contributed by atoms with Gasteiger partial charge in [0.1, 0.15) is 18.1 Å². The Morgan fingerprint density at radius 2 is 1.96 bits per heavy atom. The van der Waals surface area contributed by atoms with E-state index in [4.69, 9.17) is 21.1 Å². The third-order valence-electron chi connectivity index (χ3n) is 3.79. The lowest BCUT2D eigenvalue weighted by molar-refractivity contribution is -0.113. The molecule has 138 valence electrons. The van der Waals surface area contributed by atoms with Crippen LogP contribution in [-0.4, -0.2) is 12.5 Å². The van der Waals surface area contributed by atoms with Gasteiger partial charge in [-0.1, -0.05) is 49.7 Å². The zero-order valence-electron chi connectivity index (χ0n) is 15.3. The van der Waals surface area contributed by atoms with Crippen LogP contribution in [-0.2, 0) is 16.1 Å². The highest BCUT2D eigenvalue weighted by Gasteiger charge is 2.19. The zero-order valence-corrected chi connectivity index (χ0v) is 16.1. The van der Waals surface area contributed by atoms with Gasteiger partial charge < -0.3 is 14.8 Å². The van der Waals surface area contributed by atoms with Crippen LogP contribution >= 0.6 is 11.6 Å². The maximum absolute atomic E-state index is 12.3. The molecule has 1 amide bonds. The largest absolute Gasteiger partial charge is 0.497 e. The number of halogens is 1. The Hall–Kier alpha value is -2.46. The van der Waals surface area contributed by atoms with Gasteiger partial charge in [0.2, 0.25) is 0 Å². The van der Waals surface area contributed by atoms with E-state index in [1.807, 2.05) is 63.2 Å². The molecule has 3 rings (SSSR count). The fraction of sp³-hybridized carbons (Fsp3) is 0.286. The van der Waals surface area contributed by atoms with Crippen molar-refractivity contribution in [3.8, 4) is 5.75 Å². The van der Waals surface area contributed by atoms with E-state index in [1.54, 1.807) is 6.07 Å². The molecule has 0 bridgehead atoms. The van der Waals surface area contributed by atoms with Gasteiger partial charge in [-0.3, -0.25) is 4.79 Å². The second-order valence-electron chi connectivity index (χ2n) is 5.51. The fourth-order valence-electron chi connectivity index (χ4n) is 2.51. The first-order valence-corrected chi connectivity index (χ1v) is 9.11. The predicted molar refractivity (Wildman–Crippen MR) is 105 cm³/mol. The number of hydrogen-bond acceptors (Lipinski definition) is 3. The average molecular weight is 374 g/mol. The molecule has 2 aromatic carbocycles. The number of anilines is 1. The van der Waals surface area contributed by atoms with Gasteiger partial charge in [-0.15, -0.1) is 0 Å². The number of benzene rings is 2. The van der Waals surface area contributed by atoms with Crippen molar-refractivity contribution in [1.82, 2.24) is 0 Å². The Labute approximate surface area is 159 Å². The molecule has 0 spiro atoms. The van der Waals surface area contributed by atoms with Gasteiger partial charge in [0.05, 0.1) is 17.2 Å². The Kier molecular flexibility index (Phi) is 7.54. The second kappa shape index (κ2) is 9.88. The molecule has 1 aliphatic rings. The van der Waals surface area contributed by atoms with Gasteiger partial charge >= 0.3 is 0 Å². The van der Waals surface area contributed by atoms with E-state index in [2.05, 4.69) is 5.32 Å². The minimum absolute atomic E-state index is 0.117. The van der Waals surface area contributed by atoms with Crippen molar-refractivity contribution in [3.05, 3.63) is 70.4 Å². The van der Waals surface area contributed by atoms with E-state index in [9.17, 15) is 4.79 Å². The van der Waals surface area contributed by atoms with Crippen molar-refractivity contribution in [2.24, 2.45) is 0 Å². The van der Waals surface area contributed by atoms with E-state index >= 15 is 0 Å². The van der Waals surface area contributed by atoms with Crippen molar-refractivity contribution in [2.75, 3.05) is 11.9 Å². The summed E-state index contributed by atoms with van der Waals surface area (Å²) in [7, 11) is 0. The molecular formula is C21H24ClNO3. The highest BCUT2D eigenvalue weighted by molar-refractivity contribution is 6.32. The molecule has 0 atom stereocenters. The van der Waals surface area contributed by atoms with Crippen molar-refractivity contribution < 1.29 is 14.3 Å². The Balaban J connectivity index is 0.00000117. The Bertz CT molecular complexity index is 786. The molecular weight excluding hydrogens is 350 g/mol. The van der Waals surface area contributed by atoms with Crippen molar-refractivity contribution >= 4 is 23.2 Å². The molecule has 2 aromatic rings. The molecule has 1 heterocycles. The third kappa shape index (κ3) is 5.27. The number of amides is 1. The summed E-state index contributed by atoms with van der Waals surface area (Å²) in [6.07, 6.45) is 0.646. The molecule has 0 radical (unpaired) electrons. The summed E-state index contributed by atoms with van der Waals surface area (Å²) in [4.78, 5) is 12.3. The first kappa shape index (κ1) is 19.9. The monoisotopic (exact) mass is 373 g/mol. The quantitative estimate of drug-likeness (QED) is 0.744. The molecule has 0 fully saturated rings. The smallest absolute Gasteiger partial charge is 0.255 e. The maximum atomic E-state index is 12.3. The van der Waals surface area contributed by atoms with Gasteiger partial charge in [0, 0.05) is 12.1 Å². The summed E-state index contributed by atoms with van der Waals surface area (Å²) in [6, 6.07) is 14.9. The number of rotatable bonds is 5. The number of carbonyl (C=O) groups is 1. The van der Waals surface area contributed by atoms with E-state index in [1.165, 1.54) is 0 Å². The van der Waals surface area contributed by atoms with E-state index in [0.717, 1.165) is 11.3 Å². The molecule has 0 aliphatic carbocycles. The van der Waals surface area contributed by atoms with Crippen LogP contribution in [0.25, 0.3) is 0 Å². The van der Waals surface area contributed by atoms with E-state index < -0.39 is 0 Å². The molecule has 5 heteroatoms. The first-order valence-electron chi connectivity index (χ1n) is 8.73. The highest BCUT2D eigenvalue weighted by atomic mass is 35.5. The lowest BCUT2D eigenvalue weighted by Gasteiger charge is -2.10. The minimum Gasteiger partial charge on any atom is -0.497 e. The summed E-state index contributed by atoms with van der Waals surface area (Å²) < 4.78 is 11.1. The van der Waals surface area contributed by atoms with Crippen LogP contribution in [0.2, 0.25) is 5.02 Å². The van der Waals surface area contributed by atoms with Gasteiger partial charge in [0.25, 0.3) is 5.91 Å². The van der Waals surface area contributed by atoms with Crippen LogP contribution in [0.15, 0.2) is 59.9 Å². The van der Waals surface area contributed by atoms with Crippen LogP contribution < -0.4 is 10.1 Å². The summed E-state index contributed by atoms with van der Waals surface area (Å²) in [5.74, 6) is 1.22. The van der Waals surface area contributed by atoms with Gasteiger partial charge in [-0.05, 0) is 36.8 Å². The topological polar surface area (TPSA) is 47.6 Å². The number of para-hydroxylation sites is 1. The van der Waals surface area contributed by atoms with E-state index in [0.29, 0.717) is 41.7 Å². The average Bonchev–Trinajstić information content (AvgIpc) is 3.09. The number of carbonyl (C=O) groups excluding carboxylic acids is 1. The van der Waals surface area contributed by atoms with Gasteiger partial charge in [-0.25, -0.2) is 0 Å². The molecule has 26 heavy (non-hydrogen) atoms. The normalized spacial score (nSPS) is 12.8. The van der Waals surface area contributed by atoms with E-state index in [-0.39, 0.29) is 5.91 Å². The fourth-order valence-corrected chi connectivity index (χ4v) is 2.70. The van der Waals surface area contributed by atoms with Crippen molar-refractivity contribution in [3.63, 3.8) is 0 Å². The highest BCUT2D eigenvalue weighted by Crippen LogP contribution is 2.25. The molecule has 0 saturated carbocycles. The number of hydrogen-bond donors (Lipinski definition) is 1. The molecule has 1 N–H and O–H groups in total. The van der Waals surface area contributed by atoms with Crippen LogP contribution in [0.4, 0.5) is 5.69 Å². The molecule has 1 aliphatic heterocycles. The second-order valence-corrected chi connectivity index (χ2v) is 5.91. The first-order chi connectivity index (χ1) is 12.6. The molecule has 0 saturated heterocycles. The lowest BCUT2D eigenvalue weighted by atomic mass is 10.1. The summed E-state index contributed by atoms with van der Waals surface area (Å²) in [6.45, 7) is 6.76. The van der Waals surface area contributed by atoms with Crippen molar-refractivity contribution in [1.29, 1.82) is 0 Å². The molecule has 4 nitrogen and oxygen atoms in total. The molecule has 0 aromatic heterocycles. The summed E-state index contributed by atoms with van der Waals surface area (Å²) >= 11 is 6.08. The minimum atomic E-state index is -0.117. The maximum Gasteiger partial charge on any atom is 0.255 e. The summed E-state index contributed by atoms with van der Waals surface area (Å²) in [5.41, 5.74) is 2.38. The van der Waals surface area contributed by atoms with Crippen LogP contribution in [0, 0.1) is 0 Å². The SMILES string of the molecule is CC.CC1=C(C(=O)Nc2cccc(COc3ccccc3Cl)c2)CCO1. The van der Waals surface area contributed by atoms with Crippen LogP contribution in [0.5, 0.6) is 5.75 Å². The molecule has 0 unspecified atom stereocenters. The Morgan fingerprint density at radius 3 is 2.65 bits per heavy atom. The number of allylic oxidation sites excluding steroid dienone is 1. The van der Waals surface area contributed by atoms with Crippen LogP contribution in [0.3, 0.4) is 0 Å². The third-order valence-corrected chi connectivity index (χ3v) is 4.10. The zero-order chi connectivity index (χ0) is 18.9. The van der Waals surface area contributed by atoms with Crippen molar-refractivity contribution in [2.45, 2.75) is 33.8 Å². The van der Waals surface area contributed by atoms with Gasteiger partial charge in [-0.2, -0.15) is 0 Å². The number of nitrogens with one attached hydrogen (secondary N) is 1. The number of ether oxygens (including phenoxy) is 2. The Morgan fingerprint density at radius 1 is 1.19 bits per heavy atom. The summed E-state index contributed by atoms with van der Waals surface area (Å²) in [5, 5.41) is 3.48.